The number of ether oxygens (including phenoxy) is 5. The van der Waals surface area contributed by atoms with Gasteiger partial charge in [0, 0.05) is 6.61 Å². The molecule has 6 heteroatoms. The average molecular weight is 377 g/mol. The largest absolute Gasteiger partial charge is 0.458 e. The lowest BCUT2D eigenvalue weighted by Gasteiger charge is -2.19. The van der Waals surface area contributed by atoms with E-state index in [1.807, 2.05) is 20.8 Å². The van der Waals surface area contributed by atoms with Crippen LogP contribution in [0.5, 0.6) is 0 Å². The van der Waals surface area contributed by atoms with Gasteiger partial charge in [0.25, 0.3) is 0 Å². The van der Waals surface area contributed by atoms with Gasteiger partial charge in [-0.1, -0.05) is 39.0 Å². The number of carbonyl (C=O) groups excluding carboxylic acids is 1. The summed E-state index contributed by atoms with van der Waals surface area (Å²) < 4.78 is 26.6. The van der Waals surface area contributed by atoms with E-state index >= 15 is 0 Å². The van der Waals surface area contributed by atoms with Crippen LogP contribution in [-0.2, 0) is 28.5 Å². The van der Waals surface area contributed by atoms with Crippen molar-refractivity contribution in [1.29, 1.82) is 0 Å². The Kier molecular flexibility index (Phi) is 17.2. The van der Waals surface area contributed by atoms with Gasteiger partial charge in [0.05, 0.1) is 39.6 Å². The van der Waals surface area contributed by atoms with Crippen molar-refractivity contribution >= 4 is 5.97 Å². The molecule has 0 aliphatic heterocycles. The molecule has 0 aromatic carbocycles. The lowest BCUT2D eigenvalue weighted by molar-refractivity contribution is -0.160. The number of rotatable bonds is 18. The third-order valence-electron chi connectivity index (χ3n) is 3.40. The van der Waals surface area contributed by atoms with Crippen LogP contribution in [0.2, 0.25) is 0 Å². The van der Waals surface area contributed by atoms with Crippen molar-refractivity contribution in [2.75, 3.05) is 52.9 Å². The van der Waals surface area contributed by atoms with Crippen molar-refractivity contribution in [3.63, 3.8) is 0 Å². The van der Waals surface area contributed by atoms with Crippen LogP contribution in [0.3, 0.4) is 0 Å². The molecule has 0 atom stereocenters. The minimum atomic E-state index is -0.480. The van der Waals surface area contributed by atoms with Crippen LogP contribution in [0.15, 0.2) is 0 Å². The molecule has 0 saturated carbocycles. The van der Waals surface area contributed by atoms with Crippen molar-refractivity contribution in [2.45, 2.75) is 71.8 Å². The first-order chi connectivity index (χ1) is 12.5. The van der Waals surface area contributed by atoms with Gasteiger partial charge < -0.3 is 23.7 Å². The lowest BCUT2D eigenvalue weighted by Crippen LogP contribution is -2.27. The summed E-state index contributed by atoms with van der Waals surface area (Å²) in [5, 5.41) is 0. The monoisotopic (exact) mass is 376 g/mol. The highest BCUT2D eigenvalue weighted by atomic mass is 16.6. The maximum absolute atomic E-state index is 11.4. The second-order valence-electron chi connectivity index (χ2n) is 7.24. The van der Waals surface area contributed by atoms with Gasteiger partial charge in [-0.25, -0.2) is 4.79 Å². The van der Waals surface area contributed by atoms with Gasteiger partial charge in [-0.15, -0.1) is 0 Å². The third-order valence-corrected chi connectivity index (χ3v) is 3.40. The van der Waals surface area contributed by atoms with Crippen molar-refractivity contribution in [1.82, 2.24) is 0 Å². The topological polar surface area (TPSA) is 63.2 Å². The highest BCUT2D eigenvalue weighted by Crippen LogP contribution is 2.06. The molecule has 0 fully saturated rings. The average Bonchev–Trinajstić information content (AvgIpc) is 2.56. The van der Waals surface area contributed by atoms with Gasteiger partial charge in [0.1, 0.15) is 12.2 Å². The molecular formula is C20H40O6. The van der Waals surface area contributed by atoms with E-state index in [4.69, 9.17) is 23.7 Å². The summed E-state index contributed by atoms with van der Waals surface area (Å²) in [6.45, 7) is 11.5. The number of hydrogen-bond donors (Lipinski definition) is 0. The van der Waals surface area contributed by atoms with Crippen molar-refractivity contribution in [3.05, 3.63) is 0 Å². The van der Waals surface area contributed by atoms with Crippen LogP contribution in [0.1, 0.15) is 66.2 Å². The first kappa shape index (κ1) is 25.3. The summed E-state index contributed by atoms with van der Waals surface area (Å²) in [7, 11) is 0. The van der Waals surface area contributed by atoms with E-state index < -0.39 is 5.60 Å². The Morgan fingerprint density at radius 3 is 1.65 bits per heavy atom. The van der Waals surface area contributed by atoms with E-state index in [2.05, 4.69) is 6.92 Å². The van der Waals surface area contributed by atoms with Crippen LogP contribution in [0.4, 0.5) is 0 Å². The predicted octanol–water partition coefficient (Wildman–Crippen LogP) is 3.76. The summed E-state index contributed by atoms with van der Waals surface area (Å²) in [4.78, 5) is 11.4. The number of unbranched alkanes of at least 4 members (excludes halogenated alkanes) is 5. The van der Waals surface area contributed by atoms with Gasteiger partial charge in [-0.05, 0) is 27.2 Å². The zero-order valence-electron chi connectivity index (χ0n) is 17.3. The van der Waals surface area contributed by atoms with E-state index in [9.17, 15) is 4.79 Å². The smallest absolute Gasteiger partial charge is 0.332 e. The summed E-state index contributed by atoms with van der Waals surface area (Å²) in [5.41, 5.74) is -0.480. The normalized spacial score (nSPS) is 11.7. The number of hydrogen-bond acceptors (Lipinski definition) is 6. The van der Waals surface area contributed by atoms with Gasteiger partial charge in [-0.3, -0.25) is 0 Å². The molecule has 0 bridgehead atoms. The molecule has 0 aromatic heterocycles. The fraction of sp³-hybridized carbons (Fsp3) is 0.950. The standard InChI is InChI=1S/C20H40O6/c1-5-6-7-8-9-10-11-22-12-13-23-14-15-24-16-17-25-18-19(21)26-20(2,3)4/h5-18H2,1-4H3. The Balaban J connectivity index is 3.12. The second-order valence-corrected chi connectivity index (χ2v) is 7.24. The molecule has 0 unspecified atom stereocenters. The summed E-state index contributed by atoms with van der Waals surface area (Å²) in [6.07, 6.45) is 7.67. The Morgan fingerprint density at radius 2 is 1.12 bits per heavy atom. The first-order valence-electron chi connectivity index (χ1n) is 9.98. The summed E-state index contributed by atoms with van der Waals surface area (Å²) in [5.74, 6) is -0.359. The van der Waals surface area contributed by atoms with E-state index in [1.165, 1.54) is 32.1 Å². The maximum atomic E-state index is 11.4. The molecule has 156 valence electrons. The molecule has 0 radical (unpaired) electrons. The molecule has 0 spiro atoms. The first-order valence-corrected chi connectivity index (χ1v) is 9.98. The Hall–Kier alpha value is -0.690. The zero-order chi connectivity index (χ0) is 19.5. The zero-order valence-corrected chi connectivity index (χ0v) is 17.3. The van der Waals surface area contributed by atoms with E-state index in [0.29, 0.717) is 39.6 Å². The Morgan fingerprint density at radius 1 is 0.654 bits per heavy atom. The van der Waals surface area contributed by atoms with Gasteiger partial charge >= 0.3 is 5.97 Å². The number of esters is 1. The molecule has 0 aliphatic carbocycles. The van der Waals surface area contributed by atoms with Gasteiger partial charge in [-0.2, -0.15) is 0 Å². The van der Waals surface area contributed by atoms with Crippen molar-refractivity contribution in [2.24, 2.45) is 0 Å². The minimum absolute atomic E-state index is 0.0485. The third kappa shape index (κ3) is 21.4. The lowest BCUT2D eigenvalue weighted by atomic mass is 10.1. The van der Waals surface area contributed by atoms with Crippen LogP contribution < -0.4 is 0 Å². The molecule has 26 heavy (non-hydrogen) atoms. The molecular weight excluding hydrogens is 336 g/mol. The fourth-order valence-corrected chi connectivity index (χ4v) is 2.17. The van der Waals surface area contributed by atoms with E-state index in [1.54, 1.807) is 0 Å². The Labute approximate surface area is 159 Å². The highest BCUT2D eigenvalue weighted by molar-refractivity contribution is 5.71. The van der Waals surface area contributed by atoms with Crippen molar-refractivity contribution < 1.29 is 28.5 Å². The fourth-order valence-electron chi connectivity index (χ4n) is 2.17. The molecule has 0 N–H and O–H groups in total. The highest BCUT2D eigenvalue weighted by Gasteiger charge is 2.15. The number of carbonyl (C=O) groups is 1. The quantitative estimate of drug-likeness (QED) is 0.268. The molecule has 0 aromatic rings. The summed E-state index contributed by atoms with van der Waals surface area (Å²) >= 11 is 0. The van der Waals surface area contributed by atoms with Gasteiger partial charge in [0.2, 0.25) is 0 Å². The predicted molar refractivity (Wildman–Crippen MR) is 102 cm³/mol. The molecule has 0 amide bonds. The summed E-state index contributed by atoms with van der Waals surface area (Å²) in [6, 6.07) is 0. The molecule has 0 saturated heterocycles. The van der Waals surface area contributed by atoms with Crippen LogP contribution in [0.25, 0.3) is 0 Å². The van der Waals surface area contributed by atoms with Crippen molar-refractivity contribution in [3.8, 4) is 0 Å². The van der Waals surface area contributed by atoms with E-state index in [-0.39, 0.29) is 12.6 Å². The molecule has 0 heterocycles. The molecule has 0 aliphatic rings. The molecule has 0 rings (SSSR count). The van der Waals surface area contributed by atoms with Gasteiger partial charge in [0.15, 0.2) is 0 Å². The Bertz CT molecular complexity index is 314. The SMILES string of the molecule is CCCCCCCCOCCOCCOCCOCC(=O)OC(C)(C)C. The minimum Gasteiger partial charge on any atom is -0.458 e. The van der Waals surface area contributed by atoms with E-state index in [0.717, 1.165) is 13.0 Å². The van der Waals surface area contributed by atoms with Crippen LogP contribution >= 0.6 is 0 Å². The van der Waals surface area contributed by atoms with Crippen LogP contribution in [0, 0.1) is 0 Å². The molecule has 6 nitrogen and oxygen atoms in total. The maximum Gasteiger partial charge on any atom is 0.332 e. The second kappa shape index (κ2) is 17.7. The van der Waals surface area contributed by atoms with Crippen LogP contribution in [-0.4, -0.2) is 64.4 Å².